The van der Waals surface area contributed by atoms with Crippen LogP contribution in [-0.2, 0) is 9.53 Å². The van der Waals surface area contributed by atoms with Crippen molar-refractivity contribution >= 4 is 29.2 Å². The van der Waals surface area contributed by atoms with Crippen molar-refractivity contribution in [2.45, 2.75) is 32.1 Å². The summed E-state index contributed by atoms with van der Waals surface area (Å²) in [5, 5.41) is 13.8. The van der Waals surface area contributed by atoms with E-state index < -0.39 is 29.1 Å². The van der Waals surface area contributed by atoms with Crippen LogP contribution in [0.5, 0.6) is 0 Å². The molecule has 1 N–H and O–H groups in total. The number of ether oxygens (including phenoxy) is 1. The number of nitrogens with one attached hydrogen (secondary N) is 1. The molecule has 1 aliphatic carbocycles. The summed E-state index contributed by atoms with van der Waals surface area (Å²) in [6.07, 6.45) is 7.52. The van der Waals surface area contributed by atoms with Crippen LogP contribution in [0.3, 0.4) is 0 Å². The number of nitro benzene ring substituents is 1. The standard InChI is InChI=1S/C17H19ClN2O5/c18-13-6-7-14(15(10-13)20(23)24)17(22)25-11-16(21)19-9-8-12-4-2-1-3-5-12/h4,6-7,10H,1-3,5,8-9,11H2,(H,19,21). The third kappa shape index (κ3) is 5.86. The number of hydrogen-bond donors (Lipinski definition) is 1. The van der Waals surface area contributed by atoms with Gasteiger partial charge in [-0.1, -0.05) is 23.3 Å². The van der Waals surface area contributed by atoms with Gasteiger partial charge in [0.1, 0.15) is 5.56 Å². The van der Waals surface area contributed by atoms with Crippen LogP contribution in [0.25, 0.3) is 0 Å². The Hall–Kier alpha value is -2.41. The predicted octanol–water partition coefficient (Wildman–Crippen LogP) is 3.41. The summed E-state index contributed by atoms with van der Waals surface area (Å²) >= 11 is 5.69. The Labute approximate surface area is 150 Å². The minimum absolute atomic E-state index is 0.137. The molecule has 0 heterocycles. The number of benzene rings is 1. The van der Waals surface area contributed by atoms with Gasteiger partial charge in [0.2, 0.25) is 0 Å². The highest BCUT2D eigenvalue weighted by molar-refractivity contribution is 6.31. The van der Waals surface area contributed by atoms with E-state index in [-0.39, 0.29) is 10.6 Å². The lowest BCUT2D eigenvalue weighted by atomic mass is 9.97. The number of rotatable bonds is 7. The number of carbonyl (C=O) groups is 2. The van der Waals surface area contributed by atoms with Crippen LogP contribution in [0, 0.1) is 10.1 Å². The van der Waals surface area contributed by atoms with E-state index in [1.54, 1.807) is 0 Å². The molecule has 0 radical (unpaired) electrons. The maximum absolute atomic E-state index is 11.9. The van der Waals surface area contributed by atoms with E-state index in [9.17, 15) is 19.7 Å². The molecule has 0 aromatic heterocycles. The molecule has 0 aliphatic heterocycles. The monoisotopic (exact) mass is 366 g/mol. The van der Waals surface area contributed by atoms with Crippen molar-refractivity contribution in [1.29, 1.82) is 0 Å². The fourth-order valence-electron chi connectivity index (χ4n) is 2.58. The quantitative estimate of drug-likeness (QED) is 0.345. The molecule has 7 nitrogen and oxygen atoms in total. The van der Waals surface area contributed by atoms with Gasteiger partial charge in [-0.3, -0.25) is 14.9 Å². The van der Waals surface area contributed by atoms with Crippen LogP contribution in [0.2, 0.25) is 5.02 Å². The zero-order valence-corrected chi connectivity index (χ0v) is 14.4. The van der Waals surface area contributed by atoms with Crippen molar-refractivity contribution in [2.75, 3.05) is 13.2 Å². The van der Waals surface area contributed by atoms with Crippen LogP contribution < -0.4 is 5.32 Å². The first-order chi connectivity index (χ1) is 12.0. The van der Waals surface area contributed by atoms with Gasteiger partial charge in [-0.2, -0.15) is 0 Å². The summed E-state index contributed by atoms with van der Waals surface area (Å²) < 4.78 is 4.85. The molecule has 0 unspecified atom stereocenters. The average Bonchev–Trinajstić information content (AvgIpc) is 2.60. The normalized spacial score (nSPS) is 13.7. The van der Waals surface area contributed by atoms with Gasteiger partial charge in [0.05, 0.1) is 4.92 Å². The molecule has 0 spiro atoms. The topological polar surface area (TPSA) is 98.5 Å². The SMILES string of the molecule is O=C(COC(=O)c1ccc(Cl)cc1[N+](=O)[O-])NCCC1=CCCCC1. The maximum Gasteiger partial charge on any atom is 0.345 e. The predicted molar refractivity (Wildman–Crippen MR) is 92.6 cm³/mol. The third-order valence-corrected chi connectivity index (χ3v) is 4.10. The fraction of sp³-hybridized carbons (Fsp3) is 0.412. The second-order valence-electron chi connectivity index (χ2n) is 5.70. The highest BCUT2D eigenvalue weighted by Crippen LogP contribution is 2.24. The van der Waals surface area contributed by atoms with Gasteiger partial charge in [0.25, 0.3) is 11.6 Å². The molecule has 1 aliphatic rings. The average molecular weight is 367 g/mol. The summed E-state index contributed by atoms with van der Waals surface area (Å²) in [4.78, 5) is 33.9. The number of esters is 1. The zero-order valence-electron chi connectivity index (χ0n) is 13.6. The zero-order chi connectivity index (χ0) is 18.2. The summed E-state index contributed by atoms with van der Waals surface area (Å²) in [5.74, 6) is -1.38. The van der Waals surface area contributed by atoms with E-state index in [0.717, 1.165) is 25.3 Å². The van der Waals surface area contributed by atoms with Crippen molar-refractivity contribution in [3.8, 4) is 0 Å². The van der Waals surface area contributed by atoms with Gasteiger partial charge >= 0.3 is 5.97 Å². The second kappa shape index (κ2) is 9.17. The van der Waals surface area contributed by atoms with Crippen LogP contribution in [0.4, 0.5) is 5.69 Å². The number of nitro groups is 1. The lowest BCUT2D eigenvalue weighted by molar-refractivity contribution is -0.385. The van der Waals surface area contributed by atoms with Crippen molar-refractivity contribution in [2.24, 2.45) is 0 Å². The second-order valence-corrected chi connectivity index (χ2v) is 6.14. The van der Waals surface area contributed by atoms with Crippen molar-refractivity contribution in [3.63, 3.8) is 0 Å². The van der Waals surface area contributed by atoms with Crippen LogP contribution in [0.1, 0.15) is 42.5 Å². The van der Waals surface area contributed by atoms with Crippen molar-refractivity contribution < 1.29 is 19.2 Å². The molecule has 0 saturated heterocycles. The lowest BCUT2D eigenvalue weighted by Gasteiger charge is -2.13. The van der Waals surface area contributed by atoms with Gasteiger partial charge in [-0.05, 0) is 44.2 Å². The first kappa shape index (κ1) is 18.9. The first-order valence-corrected chi connectivity index (χ1v) is 8.41. The molecular formula is C17H19ClN2O5. The number of allylic oxidation sites excluding steroid dienone is 1. The van der Waals surface area contributed by atoms with E-state index in [4.69, 9.17) is 16.3 Å². The highest BCUT2D eigenvalue weighted by Gasteiger charge is 2.22. The van der Waals surface area contributed by atoms with Gasteiger partial charge in [0, 0.05) is 17.6 Å². The molecule has 1 amide bonds. The number of halogens is 1. The smallest absolute Gasteiger partial charge is 0.345 e. The lowest BCUT2D eigenvalue weighted by Crippen LogP contribution is -2.30. The minimum Gasteiger partial charge on any atom is -0.452 e. The molecule has 8 heteroatoms. The molecule has 25 heavy (non-hydrogen) atoms. The number of amides is 1. The Balaban J connectivity index is 1.80. The molecule has 2 rings (SSSR count). The molecular weight excluding hydrogens is 348 g/mol. The van der Waals surface area contributed by atoms with Crippen LogP contribution in [-0.4, -0.2) is 30.0 Å². The van der Waals surface area contributed by atoms with Crippen LogP contribution in [0.15, 0.2) is 29.8 Å². The molecule has 1 aromatic rings. The number of hydrogen-bond acceptors (Lipinski definition) is 5. The molecule has 1 aromatic carbocycles. The maximum atomic E-state index is 11.9. The van der Waals surface area contributed by atoms with Gasteiger partial charge in [-0.15, -0.1) is 0 Å². The first-order valence-electron chi connectivity index (χ1n) is 8.03. The third-order valence-electron chi connectivity index (χ3n) is 3.86. The largest absolute Gasteiger partial charge is 0.452 e. The Morgan fingerprint density at radius 1 is 1.32 bits per heavy atom. The van der Waals surface area contributed by atoms with Crippen molar-refractivity contribution in [1.82, 2.24) is 5.32 Å². The van der Waals surface area contributed by atoms with Crippen molar-refractivity contribution in [3.05, 3.63) is 50.5 Å². The van der Waals surface area contributed by atoms with Gasteiger partial charge in [-0.25, -0.2) is 4.79 Å². The van der Waals surface area contributed by atoms with Crippen LogP contribution >= 0.6 is 11.6 Å². The molecule has 0 saturated carbocycles. The number of carbonyl (C=O) groups excluding carboxylic acids is 2. The van der Waals surface area contributed by atoms with E-state index in [1.165, 1.54) is 30.5 Å². The highest BCUT2D eigenvalue weighted by atomic mass is 35.5. The van der Waals surface area contributed by atoms with E-state index in [0.29, 0.717) is 6.54 Å². The Morgan fingerprint density at radius 3 is 2.80 bits per heavy atom. The molecule has 134 valence electrons. The summed E-state index contributed by atoms with van der Waals surface area (Å²) in [5.41, 5.74) is 0.636. The minimum atomic E-state index is -0.937. The number of nitrogens with zero attached hydrogens (tertiary/aromatic N) is 1. The van der Waals surface area contributed by atoms with Gasteiger partial charge in [0.15, 0.2) is 6.61 Å². The summed E-state index contributed by atoms with van der Waals surface area (Å²) in [6, 6.07) is 3.62. The molecule has 0 fully saturated rings. The van der Waals surface area contributed by atoms with Gasteiger partial charge < -0.3 is 10.1 Å². The summed E-state index contributed by atoms with van der Waals surface area (Å²) in [6.45, 7) is -0.0129. The molecule has 0 atom stereocenters. The van der Waals surface area contributed by atoms with E-state index >= 15 is 0 Å². The fourth-order valence-corrected chi connectivity index (χ4v) is 2.75. The Kier molecular flexibility index (Phi) is 6.94. The van der Waals surface area contributed by atoms with E-state index in [1.807, 2.05) is 0 Å². The Morgan fingerprint density at radius 2 is 2.12 bits per heavy atom. The molecule has 0 bridgehead atoms. The van der Waals surface area contributed by atoms with E-state index in [2.05, 4.69) is 11.4 Å². The Bertz CT molecular complexity index is 702. The summed E-state index contributed by atoms with van der Waals surface area (Å²) in [7, 11) is 0.